The van der Waals surface area contributed by atoms with Crippen molar-refractivity contribution in [2.75, 3.05) is 0 Å². The number of aryl methyl sites for hydroxylation is 1. The highest BCUT2D eigenvalue weighted by atomic mass is 35.5. The van der Waals surface area contributed by atoms with E-state index < -0.39 is 0 Å². The van der Waals surface area contributed by atoms with Crippen molar-refractivity contribution in [2.45, 2.75) is 6.92 Å². The van der Waals surface area contributed by atoms with E-state index in [0.29, 0.717) is 10.8 Å². The second-order valence-electron chi connectivity index (χ2n) is 4.68. The molecule has 0 amide bonds. The van der Waals surface area contributed by atoms with Gasteiger partial charge in [-0.05, 0) is 36.8 Å². The molecule has 3 nitrogen and oxygen atoms in total. The Kier molecular flexibility index (Phi) is 3.59. The van der Waals surface area contributed by atoms with Crippen molar-refractivity contribution >= 4 is 34.6 Å². The second kappa shape index (κ2) is 5.54. The highest BCUT2D eigenvalue weighted by Gasteiger charge is 2.11. The van der Waals surface area contributed by atoms with Crippen LogP contribution in [0.5, 0.6) is 0 Å². The molecule has 1 heterocycles. The molecule has 2 aromatic carbocycles. The molecule has 0 aliphatic heterocycles. The van der Waals surface area contributed by atoms with Gasteiger partial charge >= 0.3 is 0 Å². The lowest BCUT2D eigenvalue weighted by atomic mass is 10.2. The number of aromatic nitrogens is 2. The lowest BCUT2D eigenvalue weighted by molar-refractivity contribution is 0.0972. The summed E-state index contributed by atoms with van der Waals surface area (Å²) in [5.41, 5.74) is 2.44. The number of carbonyl (C=O) groups is 1. The van der Waals surface area contributed by atoms with Crippen LogP contribution in [0.2, 0.25) is 5.02 Å². The lowest BCUT2D eigenvalue weighted by Crippen LogP contribution is -2.08. The van der Waals surface area contributed by atoms with E-state index in [-0.39, 0.29) is 5.91 Å². The standard InChI is InChI=1S/C17H13ClN2O/c1-12-19-15-8-4-5-9-16(15)20(12)17(21)11-10-13-6-2-3-7-14(13)18/h2-11H,1H3. The van der Waals surface area contributed by atoms with Crippen molar-refractivity contribution in [3.8, 4) is 0 Å². The summed E-state index contributed by atoms with van der Waals surface area (Å²) in [6, 6.07) is 15.0. The minimum Gasteiger partial charge on any atom is -0.269 e. The van der Waals surface area contributed by atoms with E-state index in [4.69, 9.17) is 11.6 Å². The fraction of sp³-hybridized carbons (Fsp3) is 0.0588. The first kappa shape index (κ1) is 13.6. The van der Waals surface area contributed by atoms with Gasteiger partial charge < -0.3 is 0 Å². The van der Waals surface area contributed by atoms with Gasteiger partial charge in [0.2, 0.25) is 0 Å². The summed E-state index contributed by atoms with van der Waals surface area (Å²) in [7, 11) is 0. The Hall–Kier alpha value is -2.39. The fourth-order valence-electron chi connectivity index (χ4n) is 2.27. The summed E-state index contributed by atoms with van der Waals surface area (Å²) in [6.07, 6.45) is 3.24. The number of fused-ring (bicyclic) bond motifs is 1. The topological polar surface area (TPSA) is 34.9 Å². The third kappa shape index (κ3) is 2.60. The van der Waals surface area contributed by atoms with Gasteiger partial charge in [-0.3, -0.25) is 9.36 Å². The molecule has 0 N–H and O–H groups in total. The third-order valence-electron chi connectivity index (χ3n) is 3.26. The molecule has 3 rings (SSSR count). The number of imidazole rings is 1. The van der Waals surface area contributed by atoms with Gasteiger partial charge in [-0.15, -0.1) is 0 Å². The first-order valence-electron chi connectivity index (χ1n) is 6.58. The van der Waals surface area contributed by atoms with Crippen LogP contribution in [0, 0.1) is 6.92 Å². The Balaban J connectivity index is 1.98. The number of rotatable bonds is 2. The van der Waals surface area contributed by atoms with Crippen LogP contribution in [-0.4, -0.2) is 15.5 Å². The minimum absolute atomic E-state index is 0.138. The largest absolute Gasteiger partial charge is 0.269 e. The SMILES string of the molecule is Cc1nc2ccccc2n1C(=O)C=Cc1ccccc1Cl. The van der Waals surface area contributed by atoms with Crippen molar-refractivity contribution < 1.29 is 4.79 Å². The van der Waals surface area contributed by atoms with Crippen LogP contribution in [0.15, 0.2) is 54.6 Å². The molecule has 4 heteroatoms. The first-order valence-corrected chi connectivity index (χ1v) is 6.95. The average molecular weight is 297 g/mol. The van der Waals surface area contributed by atoms with Crippen molar-refractivity contribution in [3.05, 3.63) is 71.0 Å². The van der Waals surface area contributed by atoms with Crippen LogP contribution in [-0.2, 0) is 0 Å². The van der Waals surface area contributed by atoms with Gasteiger partial charge in [0.15, 0.2) is 0 Å². The zero-order valence-corrected chi connectivity index (χ0v) is 12.2. The maximum atomic E-state index is 12.4. The molecule has 0 bridgehead atoms. The van der Waals surface area contributed by atoms with E-state index in [1.807, 2.05) is 49.4 Å². The summed E-state index contributed by atoms with van der Waals surface area (Å²) in [5, 5.41) is 0.619. The zero-order valence-electron chi connectivity index (χ0n) is 11.5. The van der Waals surface area contributed by atoms with Gasteiger partial charge in [-0.2, -0.15) is 0 Å². The number of carbonyl (C=O) groups excluding carboxylic acids is 1. The molecule has 0 unspecified atom stereocenters. The summed E-state index contributed by atoms with van der Waals surface area (Å²) < 4.78 is 1.60. The monoisotopic (exact) mass is 296 g/mol. The molecule has 21 heavy (non-hydrogen) atoms. The number of hydrogen-bond acceptors (Lipinski definition) is 2. The highest BCUT2D eigenvalue weighted by Crippen LogP contribution is 2.18. The molecule has 0 saturated heterocycles. The minimum atomic E-state index is -0.138. The van der Waals surface area contributed by atoms with E-state index >= 15 is 0 Å². The fourth-order valence-corrected chi connectivity index (χ4v) is 2.47. The maximum absolute atomic E-state index is 12.4. The Morgan fingerprint density at radius 2 is 1.86 bits per heavy atom. The van der Waals surface area contributed by atoms with Gasteiger partial charge in [0.25, 0.3) is 5.91 Å². The van der Waals surface area contributed by atoms with Crippen molar-refractivity contribution in [1.29, 1.82) is 0 Å². The van der Waals surface area contributed by atoms with Gasteiger partial charge in [0, 0.05) is 11.1 Å². The molecule has 0 atom stereocenters. The quantitative estimate of drug-likeness (QED) is 0.659. The van der Waals surface area contributed by atoms with Gasteiger partial charge in [0.05, 0.1) is 11.0 Å². The van der Waals surface area contributed by atoms with Crippen LogP contribution in [0.1, 0.15) is 16.2 Å². The molecule has 1 aromatic heterocycles. The smallest absolute Gasteiger partial charge is 0.256 e. The molecule has 0 aliphatic carbocycles. The number of allylic oxidation sites excluding steroid dienone is 1. The van der Waals surface area contributed by atoms with Crippen molar-refractivity contribution in [3.63, 3.8) is 0 Å². The number of hydrogen-bond donors (Lipinski definition) is 0. The summed E-state index contributed by atoms with van der Waals surface area (Å²) in [5.74, 6) is 0.533. The van der Waals surface area contributed by atoms with Gasteiger partial charge in [-0.25, -0.2) is 4.98 Å². The zero-order chi connectivity index (χ0) is 14.8. The second-order valence-corrected chi connectivity index (χ2v) is 5.08. The molecular formula is C17H13ClN2O. The molecule has 3 aromatic rings. The maximum Gasteiger partial charge on any atom is 0.256 e. The lowest BCUT2D eigenvalue weighted by Gasteiger charge is -2.01. The predicted molar refractivity (Wildman–Crippen MR) is 85.6 cm³/mol. The Labute approximate surface area is 127 Å². The summed E-state index contributed by atoms with van der Waals surface area (Å²) in [6.45, 7) is 1.82. The third-order valence-corrected chi connectivity index (χ3v) is 3.60. The van der Waals surface area contributed by atoms with Crippen LogP contribution >= 0.6 is 11.6 Å². The van der Waals surface area contributed by atoms with E-state index in [9.17, 15) is 4.79 Å². The van der Waals surface area contributed by atoms with Crippen LogP contribution in [0.3, 0.4) is 0 Å². The molecule has 0 fully saturated rings. The average Bonchev–Trinajstić information content (AvgIpc) is 2.82. The number of benzene rings is 2. The van der Waals surface area contributed by atoms with E-state index in [1.165, 1.54) is 6.08 Å². The van der Waals surface area contributed by atoms with Crippen molar-refractivity contribution in [1.82, 2.24) is 9.55 Å². The number of para-hydroxylation sites is 2. The van der Waals surface area contributed by atoms with E-state index in [0.717, 1.165) is 16.6 Å². The van der Waals surface area contributed by atoms with Gasteiger partial charge in [-0.1, -0.05) is 41.9 Å². The van der Waals surface area contributed by atoms with E-state index in [1.54, 1.807) is 16.7 Å². The molecule has 0 aliphatic rings. The Bertz CT molecular complexity index is 849. The highest BCUT2D eigenvalue weighted by molar-refractivity contribution is 6.32. The Morgan fingerprint density at radius 3 is 2.67 bits per heavy atom. The Morgan fingerprint density at radius 1 is 1.14 bits per heavy atom. The van der Waals surface area contributed by atoms with Crippen LogP contribution in [0.25, 0.3) is 17.1 Å². The van der Waals surface area contributed by atoms with E-state index in [2.05, 4.69) is 4.98 Å². The summed E-state index contributed by atoms with van der Waals surface area (Å²) in [4.78, 5) is 16.8. The molecular weight excluding hydrogens is 284 g/mol. The first-order chi connectivity index (χ1) is 10.2. The normalized spacial score (nSPS) is 11.3. The molecule has 0 spiro atoms. The number of halogens is 1. The van der Waals surface area contributed by atoms with Crippen molar-refractivity contribution in [2.24, 2.45) is 0 Å². The number of nitrogens with zero attached hydrogens (tertiary/aromatic N) is 2. The van der Waals surface area contributed by atoms with Crippen LogP contribution in [0.4, 0.5) is 0 Å². The molecule has 0 radical (unpaired) electrons. The molecule has 0 saturated carbocycles. The molecule has 104 valence electrons. The summed E-state index contributed by atoms with van der Waals surface area (Å²) >= 11 is 6.08. The predicted octanol–water partition coefficient (Wildman–Crippen LogP) is 4.35. The van der Waals surface area contributed by atoms with Gasteiger partial charge in [0.1, 0.15) is 5.82 Å². The van der Waals surface area contributed by atoms with Crippen LogP contribution < -0.4 is 0 Å².